The minimum atomic E-state index is -0.760. The molecular formula is C25H23ClN2O2S. The van der Waals surface area contributed by atoms with E-state index in [2.05, 4.69) is 18.3 Å². The highest BCUT2D eigenvalue weighted by atomic mass is 35.5. The number of carbonyl (C=O) groups is 2. The van der Waals surface area contributed by atoms with Gasteiger partial charge in [-0.15, -0.1) is 23.4 Å². The molecule has 3 aromatic rings. The molecule has 1 aliphatic rings. The summed E-state index contributed by atoms with van der Waals surface area (Å²) < 4.78 is 0. The fourth-order valence-electron chi connectivity index (χ4n) is 3.64. The normalized spacial score (nSPS) is 16.9. The maximum absolute atomic E-state index is 12.7. The Morgan fingerprint density at radius 2 is 1.74 bits per heavy atom. The van der Waals surface area contributed by atoms with Gasteiger partial charge in [-0.3, -0.25) is 14.5 Å². The van der Waals surface area contributed by atoms with Crippen molar-refractivity contribution in [2.75, 3.05) is 16.0 Å². The molecule has 6 heteroatoms. The number of benzene rings is 3. The van der Waals surface area contributed by atoms with Gasteiger partial charge < -0.3 is 5.32 Å². The van der Waals surface area contributed by atoms with E-state index in [1.807, 2.05) is 78.6 Å². The van der Waals surface area contributed by atoms with Crippen molar-refractivity contribution in [3.63, 3.8) is 0 Å². The van der Waals surface area contributed by atoms with Crippen LogP contribution in [0, 0.1) is 13.8 Å². The van der Waals surface area contributed by atoms with Gasteiger partial charge >= 0.3 is 0 Å². The van der Waals surface area contributed by atoms with E-state index in [1.54, 1.807) is 11.8 Å². The second kappa shape index (κ2) is 9.16. The number of nitrogens with zero attached hydrogens (tertiary/aromatic N) is 1. The highest BCUT2D eigenvalue weighted by Crippen LogP contribution is 2.43. The fraction of sp³-hybridized carbons (Fsp3) is 0.200. The summed E-state index contributed by atoms with van der Waals surface area (Å²) in [7, 11) is 0. The summed E-state index contributed by atoms with van der Waals surface area (Å²) in [5, 5.41) is 2.01. The van der Waals surface area contributed by atoms with Crippen LogP contribution in [0.1, 0.15) is 33.0 Å². The predicted octanol–water partition coefficient (Wildman–Crippen LogP) is 6.00. The third kappa shape index (κ3) is 4.48. The number of thioether (sulfide) groups is 1. The molecule has 31 heavy (non-hydrogen) atoms. The summed E-state index contributed by atoms with van der Waals surface area (Å²) in [6.45, 7) is 4.10. The van der Waals surface area contributed by atoms with Crippen molar-refractivity contribution in [1.29, 1.82) is 0 Å². The van der Waals surface area contributed by atoms with E-state index in [1.165, 1.54) is 0 Å². The van der Waals surface area contributed by atoms with Crippen molar-refractivity contribution in [3.8, 4) is 0 Å². The first-order valence-corrected chi connectivity index (χ1v) is 11.5. The van der Waals surface area contributed by atoms with Crippen LogP contribution in [-0.2, 0) is 9.59 Å². The standard InChI is InChI=1S/C25H23ClN2O2S/c1-16-7-6-10-21(17(16)2)28-22(29)15-31-25(28)19-11-13-20(14-12-19)27-24(30)23(26)18-8-4-3-5-9-18/h3-14,23,25H,15H2,1-2H3,(H,27,30)/t23-,25-/m1/s1. The van der Waals surface area contributed by atoms with Crippen LogP contribution in [0.2, 0.25) is 0 Å². The molecule has 0 aromatic heterocycles. The number of halogens is 1. The van der Waals surface area contributed by atoms with Crippen molar-refractivity contribution in [2.24, 2.45) is 0 Å². The SMILES string of the molecule is Cc1cccc(N2C(=O)CS[C@@H]2c2ccc(NC(=O)[C@H](Cl)c3ccccc3)cc2)c1C. The Bertz CT molecular complexity index is 1100. The largest absolute Gasteiger partial charge is 0.325 e. The second-order valence-electron chi connectivity index (χ2n) is 7.53. The summed E-state index contributed by atoms with van der Waals surface area (Å²) in [5.41, 5.74) is 5.66. The number of hydrogen-bond acceptors (Lipinski definition) is 3. The van der Waals surface area contributed by atoms with Crippen molar-refractivity contribution >= 4 is 46.6 Å². The van der Waals surface area contributed by atoms with Crippen LogP contribution in [0.3, 0.4) is 0 Å². The summed E-state index contributed by atoms with van der Waals surface area (Å²) in [6.07, 6.45) is 0. The molecule has 1 N–H and O–H groups in total. The zero-order valence-electron chi connectivity index (χ0n) is 17.3. The van der Waals surface area contributed by atoms with E-state index in [4.69, 9.17) is 11.6 Å². The molecule has 2 amide bonds. The molecule has 0 aliphatic carbocycles. The minimum absolute atomic E-state index is 0.0946. The molecule has 0 saturated carbocycles. The van der Waals surface area contributed by atoms with E-state index in [0.29, 0.717) is 11.4 Å². The average Bonchev–Trinajstić information content (AvgIpc) is 3.17. The van der Waals surface area contributed by atoms with Crippen molar-refractivity contribution in [1.82, 2.24) is 0 Å². The van der Waals surface area contributed by atoms with Crippen LogP contribution < -0.4 is 10.2 Å². The molecule has 0 radical (unpaired) electrons. The van der Waals surface area contributed by atoms with Gasteiger partial charge in [-0.05, 0) is 54.3 Å². The number of hydrogen-bond donors (Lipinski definition) is 1. The lowest BCUT2D eigenvalue weighted by molar-refractivity contribution is -0.116. The zero-order valence-corrected chi connectivity index (χ0v) is 18.9. The third-order valence-electron chi connectivity index (χ3n) is 5.49. The first-order chi connectivity index (χ1) is 15.0. The maximum atomic E-state index is 12.7. The summed E-state index contributed by atoms with van der Waals surface area (Å²) in [5.74, 6) is 0.276. The van der Waals surface area contributed by atoms with E-state index in [0.717, 1.165) is 27.9 Å². The molecule has 0 bridgehead atoms. The molecule has 1 fully saturated rings. The van der Waals surface area contributed by atoms with Gasteiger partial charge in [0.25, 0.3) is 0 Å². The Labute approximate surface area is 191 Å². The second-order valence-corrected chi connectivity index (χ2v) is 9.04. The first kappa shape index (κ1) is 21.5. The van der Waals surface area contributed by atoms with E-state index < -0.39 is 5.38 Å². The number of alkyl halides is 1. The maximum Gasteiger partial charge on any atom is 0.246 e. The van der Waals surface area contributed by atoms with E-state index in [-0.39, 0.29) is 17.2 Å². The van der Waals surface area contributed by atoms with Crippen LogP contribution in [0.25, 0.3) is 0 Å². The van der Waals surface area contributed by atoms with E-state index in [9.17, 15) is 9.59 Å². The predicted molar refractivity (Wildman–Crippen MR) is 129 cm³/mol. The van der Waals surface area contributed by atoms with Crippen LogP contribution in [0.15, 0.2) is 72.8 Å². The van der Waals surface area contributed by atoms with Crippen LogP contribution in [0.5, 0.6) is 0 Å². The number of aryl methyl sites for hydroxylation is 1. The van der Waals surface area contributed by atoms with Gasteiger partial charge in [-0.25, -0.2) is 0 Å². The number of amides is 2. The number of anilines is 2. The van der Waals surface area contributed by atoms with Gasteiger partial charge in [0.1, 0.15) is 10.8 Å². The Morgan fingerprint density at radius 1 is 1.03 bits per heavy atom. The van der Waals surface area contributed by atoms with Gasteiger partial charge in [0, 0.05) is 11.4 Å². The monoisotopic (exact) mass is 450 g/mol. The lowest BCUT2D eigenvalue weighted by atomic mass is 10.1. The topological polar surface area (TPSA) is 49.4 Å². The van der Waals surface area contributed by atoms with Crippen molar-refractivity contribution < 1.29 is 9.59 Å². The molecule has 2 atom stereocenters. The number of nitrogens with one attached hydrogen (secondary N) is 1. The molecule has 4 nitrogen and oxygen atoms in total. The Balaban J connectivity index is 1.51. The van der Waals surface area contributed by atoms with Gasteiger partial charge in [-0.1, -0.05) is 54.6 Å². The van der Waals surface area contributed by atoms with E-state index >= 15 is 0 Å². The Kier molecular flexibility index (Phi) is 6.35. The Hall–Kier alpha value is -2.76. The number of rotatable bonds is 5. The molecular weight excluding hydrogens is 428 g/mol. The highest BCUT2D eigenvalue weighted by molar-refractivity contribution is 8.00. The fourth-order valence-corrected chi connectivity index (χ4v) is 5.01. The quantitative estimate of drug-likeness (QED) is 0.485. The van der Waals surface area contributed by atoms with Gasteiger partial charge in [0.15, 0.2) is 0 Å². The lowest BCUT2D eigenvalue weighted by Gasteiger charge is -2.26. The van der Waals surface area contributed by atoms with Crippen LogP contribution in [-0.4, -0.2) is 17.6 Å². The zero-order chi connectivity index (χ0) is 22.0. The molecule has 1 saturated heterocycles. The summed E-state index contributed by atoms with van der Waals surface area (Å²) in [4.78, 5) is 27.1. The summed E-state index contributed by atoms with van der Waals surface area (Å²) in [6, 6.07) is 22.9. The average molecular weight is 451 g/mol. The van der Waals surface area contributed by atoms with Crippen LogP contribution >= 0.6 is 23.4 Å². The molecule has 4 rings (SSSR count). The molecule has 3 aromatic carbocycles. The first-order valence-electron chi connectivity index (χ1n) is 10.1. The third-order valence-corrected chi connectivity index (χ3v) is 7.15. The molecule has 0 unspecified atom stereocenters. The lowest BCUT2D eigenvalue weighted by Crippen LogP contribution is -2.28. The minimum Gasteiger partial charge on any atom is -0.325 e. The van der Waals surface area contributed by atoms with Crippen molar-refractivity contribution in [2.45, 2.75) is 24.6 Å². The number of carbonyl (C=O) groups excluding carboxylic acids is 2. The molecule has 1 aliphatic heterocycles. The van der Waals surface area contributed by atoms with Gasteiger partial charge in [-0.2, -0.15) is 0 Å². The highest BCUT2D eigenvalue weighted by Gasteiger charge is 2.35. The Morgan fingerprint density at radius 3 is 2.45 bits per heavy atom. The summed E-state index contributed by atoms with van der Waals surface area (Å²) >= 11 is 7.92. The van der Waals surface area contributed by atoms with Gasteiger partial charge in [0.05, 0.1) is 5.75 Å². The smallest absolute Gasteiger partial charge is 0.246 e. The van der Waals surface area contributed by atoms with Crippen LogP contribution in [0.4, 0.5) is 11.4 Å². The van der Waals surface area contributed by atoms with Gasteiger partial charge in [0.2, 0.25) is 11.8 Å². The molecule has 0 spiro atoms. The van der Waals surface area contributed by atoms with Crippen molar-refractivity contribution in [3.05, 3.63) is 95.1 Å². The molecule has 158 valence electrons. The molecule has 1 heterocycles.